The Morgan fingerprint density at radius 2 is 1.66 bits per heavy atom. The molecule has 232 valence electrons. The molecule has 0 atom stereocenters. The molecule has 11 heteroatoms. The summed E-state index contributed by atoms with van der Waals surface area (Å²) in [5.41, 5.74) is 2.53. The van der Waals surface area contributed by atoms with Crippen molar-refractivity contribution in [3.05, 3.63) is 71.6 Å². The number of oxazole rings is 1. The van der Waals surface area contributed by atoms with Gasteiger partial charge in [-0.2, -0.15) is 0 Å². The third kappa shape index (κ3) is 6.14. The topological polar surface area (TPSA) is 115 Å². The van der Waals surface area contributed by atoms with E-state index in [1.165, 1.54) is 6.26 Å². The highest BCUT2D eigenvalue weighted by molar-refractivity contribution is 5.94. The van der Waals surface area contributed by atoms with E-state index < -0.39 is 11.7 Å². The second-order valence-electron chi connectivity index (χ2n) is 12.5. The van der Waals surface area contributed by atoms with Crippen molar-refractivity contribution in [2.24, 2.45) is 0 Å². The maximum atomic E-state index is 13.5. The molecule has 1 aromatic heterocycles. The normalized spacial score (nSPS) is 17.8. The van der Waals surface area contributed by atoms with Gasteiger partial charge in [-0.3, -0.25) is 9.69 Å². The Hall–Kier alpha value is -4.38. The van der Waals surface area contributed by atoms with E-state index in [1.807, 2.05) is 69.3 Å². The minimum absolute atomic E-state index is 0.201. The number of aromatic nitrogens is 1. The van der Waals surface area contributed by atoms with Crippen LogP contribution < -0.4 is 4.90 Å². The zero-order valence-electron chi connectivity index (χ0n) is 25.4. The van der Waals surface area contributed by atoms with E-state index in [4.69, 9.17) is 18.6 Å². The second-order valence-corrected chi connectivity index (χ2v) is 12.5. The summed E-state index contributed by atoms with van der Waals surface area (Å²) >= 11 is 0. The first-order chi connectivity index (χ1) is 21.1. The number of amides is 3. The number of nitrogens with zero attached hydrogens (tertiary/aromatic N) is 4. The van der Waals surface area contributed by atoms with Crippen molar-refractivity contribution in [2.75, 3.05) is 50.8 Å². The fourth-order valence-electron chi connectivity index (χ4n) is 6.08. The van der Waals surface area contributed by atoms with Gasteiger partial charge in [0.2, 0.25) is 5.89 Å². The average Bonchev–Trinajstić information content (AvgIpc) is 3.64. The zero-order chi connectivity index (χ0) is 30.9. The molecule has 2 fully saturated rings. The summed E-state index contributed by atoms with van der Waals surface area (Å²) in [7, 11) is 0. The molecule has 0 aliphatic carbocycles. The molecule has 0 saturated carbocycles. The maximum Gasteiger partial charge on any atom is 0.414 e. The largest absolute Gasteiger partial charge is 0.445 e. The molecule has 2 saturated heterocycles. The van der Waals surface area contributed by atoms with Crippen molar-refractivity contribution in [3.8, 4) is 11.5 Å². The molecule has 6 rings (SSSR count). The summed E-state index contributed by atoms with van der Waals surface area (Å²) in [6.45, 7) is 9.19. The Kier molecular flexibility index (Phi) is 8.06. The quantitative estimate of drug-likeness (QED) is 0.398. The number of morpholine rings is 1. The number of carbonyl (C=O) groups excluding carboxylic acids is 3. The minimum Gasteiger partial charge on any atom is -0.445 e. The molecule has 2 aromatic carbocycles. The lowest BCUT2D eigenvalue weighted by atomic mass is 9.74. The predicted octanol–water partition coefficient (Wildman–Crippen LogP) is 5.24. The van der Waals surface area contributed by atoms with Gasteiger partial charge in [-0.1, -0.05) is 36.4 Å². The molecule has 3 aromatic rings. The molecule has 4 heterocycles. The number of hydrogen-bond donors (Lipinski definition) is 0. The summed E-state index contributed by atoms with van der Waals surface area (Å²) in [6, 6.07) is 15.4. The maximum absolute atomic E-state index is 13.5. The van der Waals surface area contributed by atoms with Crippen molar-refractivity contribution in [1.82, 2.24) is 14.8 Å². The van der Waals surface area contributed by atoms with Crippen molar-refractivity contribution >= 4 is 23.8 Å². The van der Waals surface area contributed by atoms with Gasteiger partial charge in [0.05, 0.1) is 18.9 Å². The lowest BCUT2D eigenvalue weighted by Crippen LogP contribution is -2.48. The fourth-order valence-corrected chi connectivity index (χ4v) is 6.08. The summed E-state index contributed by atoms with van der Waals surface area (Å²) in [5.74, 6) is 0.0957. The monoisotopic (exact) mass is 602 g/mol. The van der Waals surface area contributed by atoms with Crippen LogP contribution in [-0.4, -0.2) is 84.4 Å². The Bertz CT molecular complexity index is 1520. The van der Waals surface area contributed by atoms with E-state index in [0.717, 1.165) is 16.8 Å². The van der Waals surface area contributed by atoms with Crippen LogP contribution in [0.1, 0.15) is 55.2 Å². The van der Waals surface area contributed by atoms with Gasteiger partial charge in [0.1, 0.15) is 18.5 Å². The summed E-state index contributed by atoms with van der Waals surface area (Å²) in [6.07, 6.45) is 1.92. The first-order valence-corrected chi connectivity index (χ1v) is 15.1. The number of fused-ring (bicyclic) bond motifs is 2. The second kappa shape index (κ2) is 12.0. The zero-order valence-corrected chi connectivity index (χ0v) is 25.4. The molecule has 0 bridgehead atoms. The van der Waals surface area contributed by atoms with Crippen molar-refractivity contribution in [2.45, 2.75) is 51.2 Å². The van der Waals surface area contributed by atoms with Crippen LogP contribution >= 0.6 is 0 Å². The number of likely N-dealkylation sites (tertiary alicyclic amines) is 1. The molecule has 0 N–H and O–H groups in total. The molecular weight excluding hydrogens is 564 g/mol. The summed E-state index contributed by atoms with van der Waals surface area (Å²) in [5, 5.41) is 0. The lowest BCUT2D eigenvalue weighted by Gasteiger charge is -2.39. The van der Waals surface area contributed by atoms with Crippen LogP contribution in [0.4, 0.5) is 15.3 Å². The van der Waals surface area contributed by atoms with Crippen LogP contribution in [0.15, 0.2) is 59.2 Å². The van der Waals surface area contributed by atoms with Gasteiger partial charge in [-0.25, -0.2) is 14.6 Å². The molecule has 1 spiro atoms. The highest BCUT2D eigenvalue weighted by atomic mass is 16.6. The molecule has 0 unspecified atom stereocenters. The average molecular weight is 603 g/mol. The van der Waals surface area contributed by atoms with E-state index in [9.17, 15) is 14.4 Å². The first kappa shape index (κ1) is 29.7. The number of ether oxygens (including phenoxy) is 3. The Labute approximate surface area is 256 Å². The third-order valence-electron chi connectivity index (χ3n) is 8.39. The number of hydrogen-bond acceptors (Lipinski definition) is 8. The SMILES string of the molecule is CC(C)(C)OC(=O)N1CC2(CCN(C(=O)OCc3ccccc3)CC2)c2ccc(-c3nc(C(=O)N4CCOCC4)co3)cc21. The first-order valence-electron chi connectivity index (χ1n) is 15.1. The fraction of sp³-hybridized carbons (Fsp3) is 0.455. The molecule has 11 nitrogen and oxygen atoms in total. The number of anilines is 1. The van der Waals surface area contributed by atoms with E-state index >= 15 is 0 Å². The van der Waals surface area contributed by atoms with Crippen LogP contribution in [0.3, 0.4) is 0 Å². The number of rotatable bonds is 4. The molecule has 44 heavy (non-hydrogen) atoms. The smallest absolute Gasteiger partial charge is 0.414 e. The Morgan fingerprint density at radius 1 is 0.932 bits per heavy atom. The van der Waals surface area contributed by atoms with Crippen molar-refractivity contribution in [3.63, 3.8) is 0 Å². The number of benzene rings is 2. The van der Waals surface area contributed by atoms with Crippen LogP contribution in [-0.2, 0) is 26.2 Å². The van der Waals surface area contributed by atoms with Crippen LogP contribution in [0, 0.1) is 0 Å². The minimum atomic E-state index is -0.673. The van der Waals surface area contributed by atoms with Gasteiger partial charge in [0.15, 0.2) is 5.69 Å². The van der Waals surface area contributed by atoms with E-state index in [-0.39, 0.29) is 29.7 Å². The van der Waals surface area contributed by atoms with Crippen LogP contribution in [0.25, 0.3) is 11.5 Å². The van der Waals surface area contributed by atoms with Gasteiger partial charge in [0, 0.05) is 43.7 Å². The van der Waals surface area contributed by atoms with E-state index in [1.54, 1.807) is 14.7 Å². The third-order valence-corrected chi connectivity index (χ3v) is 8.39. The number of carbonyl (C=O) groups is 3. The van der Waals surface area contributed by atoms with E-state index in [2.05, 4.69) is 4.98 Å². The van der Waals surface area contributed by atoms with Crippen molar-refractivity contribution < 1.29 is 33.0 Å². The standard InChI is InChI=1S/C33H38N4O7/c1-32(2,3)44-31(40)37-22-33(11-13-36(14-12-33)30(39)43-20-23-7-5-4-6-8-23)25-10-9-24(19-27(25)37)28-34-26(21-42-28)29(38)35-15-17-41-18-16-35/h4-10,19,21H,11-18,20,22H2,1-3H3. The van der Waals surface area contributed by atoms with Gasteiger partial charge in [0.25, 0.3) is 5.91 Å². The highest BCUT2D eigenvalue weighted by Crippen LogP contribution is 2.48. The molecule has 3 aliphatic rings. The Balaban J connectivity index is 1.22. The molecule has 0 radical (unpaired) electrons. The van der Waals surface area contributed by atoms with Gasteiger partial charge >= 0.3 is 12.2 Å². The van der Waals surface area contributed by atoms with Gasteiger partial charge < -0.3 is 28.4 Å². The lowest BCUT2D eigenvalue weighted by molar-refractivity contribution is 0.0299. The van der Waals surface area contributed by atoms with Crippen molar-refractivity contribution in [1.29, 1.82) is 0 Å². The predicted molar refractivity (Wildman–Crippen MR) is 161 cm³/mol. The molecule has 3 aliphatic heterocycles. The highest BCUT2D eigenvalue weighted by Gasteiger charge is 2.48. The van der Waals surface area contributed by atoms with Gasteiger partial charge in [-0.05, 0) is 56.9 Å². The number of piperidine rings is 1. The molecular formula is C33H38N4O7. The Morgan fingerprint density at radius 3 is 2.36 bits per heavy atom. The summed E-state index contributed by atoms with van der Waals surface area (Å²) < 4.78 is 22.5. The van der Waals surface area contributed by atoms with Crippen LogP contribution in [0.2, 0.25) is 0 Å². The van der Waals surface area contributed by atoms with Gasteiger partial charge in [-0.15, -0.1) is 0 Å². The van der Waals surface area contributed by atoms with Crippen LogP contribution in [0.5, 0.6) is 0 Å². The molecule has 3 amide bonds. The van der Waals surface area contributed by atoms with E-state index in [0.29, 0.717) is 70.2 Å². The summed E-state index contributed by atoms with van der Waals surface area (Å²) in [4.78, 5) is 48.9.